The maximum absolute atomic E-state index is 12.4. The lowest BCUT2D eigenvalue weighted by atomic mass is 10.1. The maximum Gasteiger partial charge on any atom is 0.335 e. The summed E-state index contributed by atoms with van der Waals surface area (Å²) in [5, 5.41) is 10.2. The summed E-state index contributed by atoms with van der Waals surface area (Å²) >= 11 is 1.51. The van der Waals surface area contributed by atoms with E-state index in [9.17, 15) is 9.59 Å². The van der Waals surface area contributed by atoms with Crippen LogP contribution in [-0.4, -0.2) is 11.1 Å². The molecule has 0 saturated carbocycles. The van der Waals surface area contributed by atoms with Crippen LogP contribution >= 0.6 is 11.3 Å². The Morgan fingerprint density at radius 1 is 1.11 bits per heavy atom. The van der Waals surface area contributed by atoms with Crippen LogP contribution in [0, 0.1) is 6.92 Å². The van der Waals surface area contributed by atoms with E-state index >= 15 is 0 Å². The third-order valence-corrected chi connectivity index (χ3v) is 4.29. The summed E-state index contributed by atoms with van der Waals surface area (Å²) in [7, 11) is 0. The van der Waals surface area contributed by atoms with Crippen molar-refractivity contribution in [2.75, 3.05) is 0 Å². The van der Waals surface area contributed by atoms with Crippen molar-refractivity contribution in [3.05, 3.63) is 57.7 Å². The second kappa shape index (κ2) is 4.17. The standard InChI is InChI=1S/C15H10O3S/c1-8-6-13-11(7-10(8)15(17)18)14(16)9-4-2-3-5-12(9)19-13/h2-7H,1H3,(H,17,18). The van der Waals surface area contributed by atoms with Crippen LogP contribution in [0.25, 0.3) is 20.2 Å². The lowest BCUT2D eigenvalue weighted by Gasteiger charge is -2.05. The average Bonchev–Trinajstić information content (AvgIpc) is 2.38. The smallest absolute Gasteiger partial charge is 0.335 e. The summed E-state index contributed by atoms with van der Waals surface area (Å²) < 4.78 is 1.74. The van der Waals surface area contributed by atoms with Crippen molar-refractivity contribution in [1.82, 2.24) is 0 Å². The Morgan fingerprint density at radius 2 is 1.84 bits per heavy atom. The number of aryl methyl sites for hydroxylation is 1. The first-order chi connectivity index (χ1) is 9.08. The van der Waals surface area contributed by atoms with E-state index in [0.717, 1.165) is 9.40 Å². The topological polar surface area (TPSA) is 54.4 Å². The van der Waals surface area contributed by atoms with Crippen LogP contribution in [0.2, 0.25) is 0 Å². The summed E-state index contributed by atoms with van der Waals surface area (Å²) in [6, 6.07) is 10.6. The molecular weight excluding hydrogens is 260 g/mol. The molecule has 3 aromatic rings. The average molecular weight is 270 g/mol. The first-order valence-corrected chi connectivity index (χ1v) is 6.59. The van der Waals surface area contributed by atoms with E-state index in [1.807, 2.05) is 18.2 Å². The molecule has 2 aromatic carbocycles. The number of aromatic carboxylic acids is 1. The van der Waals surface area contributed by atoms with Crippen LogP contribution in [-0.2, 0) is 0 Å². The second-order valence-corrected chi connectivity index (χ2v) is 5.48. The summed E-state index contributed by atoms with van der Waals surface area (Å²) in [6.07, 6.45) is 0. The summed E-state index contributed by atoms with van der Waals surface area (Å²) in [5.41, 5.74) is 0.755. The Hall–Kier alpha value is -2.20. The number of hydrogen-bond acceptors (Lipinski definition) is 3. The zero-order chi connectivity index (χ0) is 13.6. The molecule has 3 rings (SSSR count). The molecule has 94 valence electrons. The molecular formula is C15H10O3S. The quantitative estimate of drug-likeness (QED) is 0.689. The fourth-order valence-electron chi connectivity index (χ4n) is 2.18. The molecule has 0 unspecified atom stereocenters. The van der Waals surface area contributed by atoms with Crippen LogP contribution in [0.1, 0.15) is 15.9 Å². The van der Waals surface area contributed by atoms with Gasteiger partial charge in [-0.1, -0.05) is 12.1 Å². The molecule has 0 fully saturated rings. The highest BCUT2D eigenvalue weighted by Crippen LogP contribution is 2.26. The third-order valence-electron chi connectivity index (χ3n) is 3.15. The molecule has 0 amide bonds. The van der Waals surface area contributed by atoms with Crippen LogP contribution in [0.15, 0.2) is 41.2 Å². The fraction of sp³-hybridized carbons (Fsp3) is 0.0667. The van der Waals surface area contributed by atoms with Crippen LogP contribution in [0.3, 0.4) is 0 Å². The number of carbonyl (C=O) groups is 1. The predicted octanol–water partition coefficient (Wildman–Crippen LogP) is 3.42. The molecule has 19 heavy (non-hydrogen) atoms. The number of hydrogen-bond donors (Lipinski definition) is 1. The van der Waals surface area contributed by atoms with E-state index in [-0.39, 0.29) is 11.0 Å². The van der Waals surface area contributed by atoms with E-state index in [1.165, 1.54) is 17.4 Å². The van der Waals surface area contributed by atoms with E-state index < -0.39 is 5.97 Å². The van der Waals surface area contributed by atoms with Gasteiger partial charge >= 0.3 is 5.97 Å². The second-order valence-electron chi connectivity index (χ2n) is 4.40. The minimum atomic E-state index is -1.00. The van der Waals surface area contributed by atoms with Gasteiger partial charge in [0.05, 0.1) is 5.56 Å². The minimum Gasteiger partial charge on any atom is -0.478 e. The number of carboxylic acid groups (broad SMARTS) is 1. The van der Waals surface area contributed by atoms with Crippen LogP contribution < -0.4 is 5.43 Å². The van der Waals surface area contributed by atoms with Crippen molar-refractivity contribution < 1.29 is 9.90 Å². The van der Waals surface area contributed by atoms with E-state index in [4.69, 9.17) is 5.11 Å². The van der Waals surface area contributed by atoms with Gasteiger partial charge in [0, 0.05) is 20.2 Å². The molecule has 0 aliphatic carbocycles. The van der Waals surface area contributed by atoms with E-state index in [1.54, 1.807) is 19.1 Å². The summed E-state index contributed by atoms with van der Waals surface area (Å²) in [5.74, 6) is -1.00. The van der Waals surface area contributed by atoms with Gasteiger partial charge in [-0.25, -0.2) is 4.79 Å². The van der Waals surface area contributed by atoms with Gasteiger partial charge in [-0.15, -0.1) is 11.3 Å². The predicted molar refractivity (Wildman–Crippen MR) is 77.3 cm³/mol. The van der Waals surface area contributed by atoms with Gasteiger partial charge < -0.3 is 5.11 Å². The van der Waals surface area contributed by atoms with Crippen molar-refractivity contribution in [3.8, 4) is 0 Å². The first-order valence-electron chi connectivity index (χ1n) is 5.77. The number of benzene rings is 2. The lowest BCUT2D eigenvalue weighted by molar-refractivity contribution is 0.0696. The molecule has 0 radical (unpaired) electrons. The molecule has 0 aliphatic heterocycles. The Bertz CT molecular complexity index is 878. The highest BCUT2D eigenvalue weighted by molar-refractivity contribution is 7.24. The Morgan fingerprint density at radius 3 is 2.58 bits per heavy atom. The van der Waals surface area contributed by atoms with Gasteiger partial charge in [-0.2, -0.15) is 0 Å². The van der Waals surface area contributed by atoms with Gasteiger partial charge in [-0.05, 0) is 36.8 Å². The van der Waals surface area contributed by atoms with Crippen molar-refractivity contribution in [2.24, 2.45) is 0 Å². The summed E-state index contributed by atoms with van der Waals surface area (Å²) in [4.78, 5) is 23.5. The molecule has 0 atom stereocenters. The van der Waals surface area contributed by atoms with Crippen molar-refractivity contribution in [3.63, 3.8) is 0 Å². The molecule has 1 aromatic heterocycles. The molecule has 3 nitrogen and oxygen atoms in total. The van der Waals surface area contributed by atoms with Crippen LogP contribution in [0.5, 0.6) is 0 Å². The monoisotopic (exact) mass is 270 g/mol. The molecule has 0 spiro atoms. The maximum atomic E-state index is 12.4. The molecule has 4 heteroatoms. The van der Waals surface area contributed by atoms with E-state index in [2.05, 4.69) is 0 Å². The Kier molecular flexibility index (Phi) is 2.61. The Balaban J connectivity index is 2.52. The highest BCUT2D eigenvalue weighted by Gasteiger charge is 2.12. The van der Waals surface area contributed by atoms with Crippen molar-refractivity contribution in [1.29, 1.82) is 0 Å². The van der Waals surface area contributed by atoms with Gasteiger partial charge in [-0.3, -0.25) is 4.79 Å². The zero-order valence-electron chi connectivity index (χ0n) is 10.1. The van der Waals surface area contributed by atoms with Crippen molar-refractivity contribution >= 4 is 37.5 Å². The number of fused-ring (bicyclic) bond motifs is 2. The SMILES string of the molecule is Cc1cc2sc3ccccc3c(=O)c2cc1C(=O)O. The number of rotatable bonds is 1. The molecule has 0 bridgehead atoms. The highest BCUT2D eigenvalue weighted by atomic mass is 32.1. The normalized spacial score (nSPS) is 11.0. The summed E-state index contributed by atoms with van der Waals surface area (Å²) in [6.45, 7) is 1.75. The lowest BCUT2D eigenvalue weighted by Crippen LogP contribution is -2.05. The third kappa shape index (κ3) is 1.81. The largest absolute Gasteiger partial charge is 0.478 e. The van der Waals surface area contributed by atoms with Gasteiger partial charge in [0.1, 0.15) is 0 Å². The van der Waals surface area contributed by atoms with Crippen LogP contribution in [0.4, 0.5) is 0 Å². The van der Waals surface area contributed by atoms with Crippen molar-refractivity contribution in [2.45, 2.75) is 6.92 Å². The minimum absolute atomic E-state index is 0.105. The first kappa shape index (κ1) is 11.9. The molecule has 0 aliphatic rings. The molecule has 0 saturated heterocycles. The molecule has 1 N–H and O–H groups in total. The van der Waals surface area contributed by atoms with Gasteiger partial charge in [0.15, 0.2) is 5.43 Å². The Labute approximate surface area is 112 Å². The zero-order valence-corrected chi connectivity index (χ0v) is 11.0. The van der Waals surface area contributed by atoms with Gasteiger partial charge in [0.25, 0.3) is 0 Å². The van der Waals surface area contributed by atoms with Gasteiger partial charge in [0.2, 0.25) is 0 Å². The fourth-order valence-corrected chi connectivity index (χ4v) is 3.33. The molecule has 1 heterocycles. The number of carboxylic acids is 1. The van der Waals surface area contributed by atoms with E-state index in [0.29, 0.717) is 16.3 Å².